The summed E-state index contributed by atoms with van der Waals surface area (Å²) in [5.74, 6) is 0.597. The molecular formula is C16H18N2O. The highest BCUT2D eigenvalue weighted by Gasteiger charge is 2.20. The molecule has 3 rings (SSSR count). The molecule has 19 heavy (non-hydrogen) atoms. The smallest absolute Gasteiger partial charge is 0.162 e. The average Bonchev–Trinajstić information content (AvgIpc) is 2.88. The number of ketones is 1. The Bertz CT molecular complexity index is 600. The van der Waals surface area contributed by atoms with Gasteiger partial charge in [-0.1, -0.05) is 24.3 Å². The van der Waals surface area contributed by atoms with Crippen LogP contribution in [0.15, 0.2) is 36.7 Å². The minimum Gasteiger partial charge on any atom is -0.294 e. The number of carbonyl (C=O) groups excluding carboxylic acids is 1. The van der Waals surface area contributed by atoms with E-state index in [2.05, 4.69) is 29.4 Å². The predicted octanol–water partition coefficient (Wildman–Crippen LogP) is 3.21. The topological polar surface area (TPSA) is 34.9 Å². The van der Waals surface area contributed by atoms with E-state index in [0.717, 1.165) is 6.54 Å². The van der Waals surface area contributed by atoms with Crippen LogP contribution in [0.3, 0.4) is 0 Å². The number of Topliss-reactive ketones (excluding diaryl/α,β-unsaturated/α-hetero) is 1. The van der Waals surface area contributed by atoms with Crippen molar-refractivity contribution in [2.75, 3.05) is 0 Å². The summed E-state index contributed by atoms with van der Waals surface area (Å²) in [7, 11) is 0. The van der Waals surface area contributed by atoms with Gasteiger partial charge < -0.3 is 0 Å². The molecule has 1 heterocycles. The monoisotopic (exact) mass is 254 g/mol. The van der Waals surface area contributed by atoms with Crippen molar-refractivity contribution < 1.29 is 4.79 Å². The lowest BCUT2D eigenvalue weighted by Crippen LogP contribution is -2.15. The number of hydrogen-bond donors (Lipinski definition) is 0. The summed E-state index contributed by atoms with van der Waals surface area (Å²) in [5.41, 5.74) is 3.62. The molecule has 1 aromatic carbocycles. The van der Waals surface area contributed by atoms with E-state index in [1.807, 2.05) is 10.9 Å². The SMILES string of the molecule is CC(=O)c1cnn(CC2CCCc3ccccc32)c1. The van der Waals surface area contributed by atoms with Gasteiger partial charge >= 0.3 is 0 Å². The third kappa shape index (κ3) is 2.46. The third-order valence-electron chi connectivity index (χ3n) is 3.94. The van der Waals surface area contributed by atoms with Crippen LogP contribution in [0.1, 0.15) is 47.2 Å². The van der Waals surface area contributed by atoms with Gasteiger partial charge in [0.05, 0.1) is 11.8 Å². The van der Waals surface area contributed by atoms with E-state index in [4.69, 9.17) is 0 Å². The van der Waals surface area contributed by atoms with E-state index in [9.17, 15) is 4.79 Å². The van der Waals surface area contributed by atoms with Gasteiger partial charge in [0.25, 0.3) is 0 Å². The molecule has 0 fully saturated rings. The molecule has 3 heteroatoms. The molecule has 0 N–H and O–H groups in total. The first-order valence-corrected chi connectivity index (χ1v) is 6.85. The second-order valence-electron chi connectivity index (χ2n) is 5.30. The van der Waals surface area contributed by atoms with Crippen LogP contribution in [0.25, 0.3) is 0 Å². The van der Waals surface area contributed by atoms with Crippen molar-refractivity contribution in [2.24, 2.45) is 0 Å². The standard InChI is InChI=1S/C16H18N2O/c1-12(19)15-9-17-18(11-15)10-14-7-4-6-13-5-2-3-8-16(13)14/h2-3,5,8-9,11,14H,4,6-7,10H2,1H3. The van der Waals surface area contributed by atoms with Crippen molar-refractivity contribution in [1.82, 2.24) is 9.78 Å². The molecule has 0 amide bonds. The minimum atomic E-state index is 0.0790. The number of aryl methyl sites for hydroxylation is 1. The molecular weight excluding hydrogens is 236 g/mol. The maximum absolute atomic E-state index is 11.3. The van der Waals surface area contributed by atoms with Gasteiger partial charge in [-0.15, -0.1) is 0 Å². The van der Waals surface area contributed by atoms with Gasteiger partial charge in [-0.2, -0.15) is 5.10 Å². The summed E-state index contributed by atoms with van der Waals surface area (Å²) in [6, 6.07) is 8.68. The molecule has 0 spiro atoms. The zero-order valence-electron chi connectivity index (χ0n) is 11.2. The zero-order chi connectivity index (χ0) is 13.2. The predicted molar refractivity (Wildman–Crippen MR) is 74.4 cm³/mol. The first-order chi connectivity index (χ1) is 9.24. The van der Waals surface area contributed by atoms with E-state index in [0.29, 0.717) is 11.5 Å². The second-order valence-corrected chi connectivity index (χ2v) is 5.30. The lowest BCUT2D eigenvalue weighted by Gasteiger charge is -2.25. The molecule has 3 nitrogen and oxygen atoms in total. The Morgan fingerprint density at radius 3 is 3.05 bits per heavy atom. The Hall–Kier alpha value is -1.90. The van der Waals surface area contributed by atoms with Crippen molar-refractivity contribution >= 4 is 5.78 Å². The summed E-state index contributed by atoms with van der Waals surface area (Å²) >= 11 is 0. The Morgan fingerprint density at radius 2 is 2.26 bits per heavy atom. The van der Waals surface area contributed by atoms with Crippen molar-refractivity contribution in [2.45, 2.75) is 38.6 Å². The maximum Gasteiger partial charge on any atom is 0.162 e. The van der Waals surface area contributed by atoms with E-state index in [1.165, 1.54) is 30.4 Å². The third-order valence-corrected chi connectivity index (χ3v) is 3.94. The highest BCUT2D eigenvalue weighted by molar-refractivity contribution is 5.93. The molecule has 1 aliphatic rings. The number of aromatic nitrogens is 2. The molecule has 1 aliphatic carbocycles. The molecule has 1 unspecified atom stereocenters. The van der Waals surface area contributed by atoms with E-state index < -0.39 is 0 Å². The van der Waals surface area contributed by atoms with Crippen LogP contribution in [0.5, 0.6) is 0 Å². The van der Waals surface area contributed by atoms with Crippen LogP contribution < -0.4 is 0 Å². The van der Waals surface area contributed by atoms with Gasteiger partial charge in [0.2, 0.25) is 0 Å². The Morgan fingerprint density at radius 1 is 1.42 bits per heavy atom. The molecule has 0 radical (unpaired) electrons. The molecule has 0 saturated heterocycles. The van der Waals surface area contributed by atoms with Gasteiger partial charge in [-0.25, -0.2) is 0 Å². The maximum atomic E-state index is 11.3. The molecule has 0 bridgehead atoms. The highest BCUT2D eigenvalue weighted by atomic mass is 16.1. The summed E-state index contributed by atoms with van der Waals surface area (Å²) in [6.45, 7) is 2.45. The van der Waals surface area contributed by atoms with Crippen molar-refractivity contribution in [3.05, 3.63) is 53.3 Å². The van der Waals surface area contributed by atoms with Crippen LogP contribution in [-0.4, -0.2) is 15.6 Å². The van der Waals surface area contributed by atoms with Gasteiger partial charge in [0.1, 0.15) is 0 Å². The van der Waals surface area contributed by atoms with Crippen molar-refractivity contribution in [3.63, 3.8) is 0 Å². The van der Waals surface area contributed by atoms with Crippen molar-refractivity contribution in [3.8, 4) is 0 Å². The van der Waals surface area contributed by atoms with Crippen LogP contribution >= 0.6 is 0 Å². The van der Waals surface area contributed by atoms with Gasteiger partial charge in [0.15, 0.2) is 5.78 Å². The van der Waals surface area contributed by atoms with E-state index in [1.54, 1.807) is 13.1 Å². The molecule has 98 valence electrons. The summed E-state index contributed by atoms with van der Waals surface area (Å²) < 4.78 is 1.91. The molecule has 0 saturated carbocycles. The van der Waals surface area contributed by atoms with Crippen LogP contribution in [-0.2, 0) is 13.0 Å². The molecule has 1 atom stereocenters. The number of benzene rings is 1. The van der Waals surface area contributed by atoms with Crippen molar-refractivity contribution in [1.29, 1.82) is 0 Å². The van der Waals surface area contributed by atoms with E-state index >= 15 is 0 Å². The van der Waals surface area contributed by atoms with Gasteiger partial charge in [0, 0.05) is 18.7 Å². The summed E-state index contributed by atoms with van der Waals surface area (Å²) in [6.07, 6.45) is 7.15. The lowest BCUT2D eigenvalue weighted by atomic mass is 9.83. The molecule has 0 aliphatic heterocycles. The summed E-state index contributed by atoms with van der Waals surface area (Å²) in [5, 5.41) is 4.30. The number of nitrogens with zero attached hydrogens (tertiary/aromatic N) is 2. The quantitative estimate of drug-likeness (QED) is 0.788. The normalized spacial score (nSPS) is 18.1. The second kappa shape index (κ2) is 5.00. The number of rotatable bonds is 3. The number of hydrogen-bond acceptors (Lipinski definition) is 2. The van der Waals surface area contributed by atoms with Crippen LogP contribution in [0.4, 0.5) is 0 Å². The first-order valence-electron chi connectivity index (χ1n) is 6.85. The first kappa shape index (κ1) is 12.2. The highest BCUT2D eigenvalue weighted by Crippen LogP contribution is 2.32. The van der Waals surface area contributed by atoms with Crippen LogP contribution in [0.2, 0.25) is 0 Å². The number of carbonyl (C=O) groups is 1. The molecule has 1 aromatic heterocycles. The fourth-order valence-electron chi connectivity index (χ4n) is 2.92. The van der Waals surface area contributed by atoms with Gasteiger partial charge in [-0.3, -0.25) is 9.48 Å². The van der Waals surface area contributed by atoms with E-state index in [-0.39, 0.29) is 5.78 Å². The largest absolute Gasteiger partial charge is 0.294 e. The van der Waals surface area contributed by atoms with Crippen LogP contribution in [0, 0.1) is 0 Å². The lowest BCUT2D eigenvalue weighted by molar-refractivity contribution is 0.101. The minimum absolute atomic E-state index is 0.0790. The Labute approximate surface area is 113 Å². The Balaban J connectivity index is 1.82. The number of fused-ring (bicyclic) bond motifs is 1. The fraction of sp³-hybridized carbons (Fsp3) is 0.375. The fourth-order valence-corrected chi connectivity index (χ4v) is 2.92. The van der Waals surface area contributed by atoms with Gasteiger partial charge in [-0.05, 0) is 37.3 Å². The summed E-state index contributed by atoms with van der Waals surface area (Å²) in [4.78, 5) is 11.3. The molecule has 2 aromatic rings. The average molecular weight is 254 g/mol. The Kier molecular flexibility index (Phi) is 3.20. The zero-order valence-corrected chi connectivity index (χ0v) is 11.2.